The largest absolute Gasteiger partial charge is 0.465 e. The second-order valence-electron chi connectivity index (χ2n) is 3.85. The smallest absolute Gasteiger partial charge is 0.411 e. The van der Waals surface area contributed by atoms with Gasteiger partial charge in [0.2, 0.25) is 0 Å². The van der Waals surface area contributed by atoms with Crippen molar-refractivity contribution in [1.29, 1.82) is 0 Å². The number of hydrogen-bond donors (Lipinski definition) is 3. The van der Waals surface area contributed by atoms with Crippen molar-refractivity contribution in [2.45, 2.75) is 0 Å². The highest BCUT2D eigenvalue weighted by Gasteiger charge is 2.09. The molecule has 0 saturated carbocycles. The summed E-state index contributed by atoms with van der Waals surface area (Å²) in [6, 6.07) is 4.47. The lowest BCUT2D eigenvalue weighted by Gasteiger charge is -1.97. The number of carbonyl (C=O) groups excluding carboxylic acids is 2. The van der Waals surface area contributed by atoms with E-state index in [4.69, 9.17) is 10.8 Å². The quantitative estimate of drug-likeness (QED) is 0.752. The van der Waals surface area contributed by atoms with Crippen molar-refractivity contribution in [3.8, 4) is 0 Å². The van der Waals surface area contributed by atoms with Crippen LogP contribution >= 0.6 is 0 Å². The minimum Gasteiger partial charge on any atom is -0.465 e. The number of hydrogen-bond acceptors (Lipinski definition) is 5. The Morgan fingerprint density at radius 3 is 1.78 bits per heavy atom. The summed E-state index contributed by atoms with van der Waals surface area (Å²) in [5.74, 6) is -2.61. The number of pyridine rings is 2. The molecule has 0 spiro atoms. The molecule has 0 radical (unpaired) electrons. The Kier molecular flexibility index (Phi) is 6.22. The van der Waals surface area contributed by atoms with Gasteiger partial charge in [0.15, 0.2) is 0 Å². The number of nitrogens with one attached hydrogen (secondary N) is 1. The molecule has 0 aliphatic heterocycles. The average Bonchev–Trinajstić information content (AvgIpc) is 2.48. The second-order valence-corrected chi connectivity index (χ2v) is 3.85. The highest BCUT2D eigenvalue weighted by atomic mass is 19.1. The van der Waals surface area contributed by atoms with Crippen LogP contribution in [0.25, 0.3) is 0 Å². The number of amides is 3. The van der Waals surface area contributed by atoms with Gasteiger partial charge < -0.3 is 10.8 Å². The fourth-order valence-corrected chi connectivity index (χ4v) is 1.19. The molecule has 3 amide bonds. The first-order chi connectivity index (χ1) is 10.8. The van der Waals surface area contributed by atoms with E-state index in [1.807, 2.05) is 0 Å². The highest BCUT2D eigenvalue weighted by Crippen LogP contribution is 1.97. The van der Waals surface area contributed by atoms with Crippen LogP contribution < -0.4 is 11.1 Å². The molecule has 2 aromatic heterocycles. The van der Waals surface area contributed by atoms with Crippen LogP contribution in [0.15, 0.2) is 36.7 Å². The highest BCUT2D eigenvalue weighted by molar-refractivity contribution is 6.00. The Morgan fingerprint density at radius 2 is 1.43 bits per heavy atom. The third-order valence-electron chi connectivity index (χ3n) is 2.16. The summed E-state index contributed by atoms with van der Waals surface area (Å²) in [6.45, 7) is 0. The Labute approximate surface area is 128 Å². The molecule has 23 heavy (non-hydrogen) atoms. The molecule has 0 aliphatic rings. The third kappa shape index (κ3) is 6.25. The molecule has 2 rings (SSSR count). The van der Waals surface area contributed by atoms with E-state index >= 15 is 0 Å². The minimum absolute atomic E-state index is 0.0707. The van der Waals surface area contributed by atoms with Crippen LogP contribution in [0.2, 0.25) is 0 Å². The topological polar surface area (TPSA) is 135 Å². The summed E-state index contributed by atoms with van der Waals surface area (Å²) < 4.78 is 24.4. The van der Waals surface area contributed by atoms with Gasteiger partial charge in [-0.05, 0) is 24.3 Å². The number of primary amides is 1. The van der Waals surface area contributed by atoms with Gasteiger partial charge in [0, 0.05) is 0 Å². The summed E-state index contributed by atoms with van der Waals surface area (Å²) in [4.78, 5) is 38.1. The van der Waals surface area contributed by atoms with E-state index in [1.165, 1.54) is 6.07 Å². The Hall–Kier alpha value is -3.43. The molecule has 4 N–H and O–H groups in total. The van der Waals surface area contributed by atoms with Crippen LogP contribution in [0.1, 0.15) is 21.0 Å². The first-order valence-electron chi connectivity index (χ1n) is 5.86. The van der Waals surface area contributed by atoms with Gasteiger partial charge in [-0.2, -0.15) is 0 Å². The van der Waals surface area contributed by atoms with Gasteiger partial charge in [0.1, 0.15) is 23.0 Å². The Morgan fingerprint density at radius 1 is 0.957 bits per heavy atom. The van der Waals surface area contributed by atoms with E-state index in [2.05, 4.69) is 9.97 Å². The predicted octanol–water partition coefficient (Wildman–Crippen LogP) is 0.948. The van der Waals surface area contributed by atoms with Crippen LogP contribution in [-0.4, -0.2) is 33.0 Å². The van der Waals surface area contributed by atoms with Gasteiger partial charge in [-0.1, -0.05) is 0 Å². The van der Waals surface area contributed by atoms with E-state index in [1.54, 1.807) is 5.32 Å². The van der Waals surface area contributed by atoms with Crippen molar-refractivity contribution in [1.82, 2.24) is 15.3 Å². The monoisotopic (exact) mass is 324 g/mol. The summed E-state index contributed by atoms with van der Waals surface area (Å²) >= 11 is 0. The van der Waals surface area contributed by atoms with Crippen molar-refractivity contribution >= 4 is 17.9 Å². The molecule has 2 aromatic rings. The average molecular weight is 324 g/mol. The van der Waals surface area contributed by atoms with Crippen molar-refractivity contribution in [3.05, 3.63) is 59.7 Å². The lowest BCUT2D eigenvalue weighted by molar-refractivity contribution is 0.0941. The number of carbonyl (C=O) groups is 3. The first kappa shape index (κ1) is 17.6. The summed E-state index contributed by atoms with van der Waals surface area (Å²) in [7, 11) is 0. The van der Waals surface area contributed by atoms with Gasteiger partial charge in [-0.3, -0.25) is 14.9 Å². The summed E-state index contributed by atoms with van der Waals surface area (Å²) in [5, 5.41) is 9.74. The SMILES string of the molecule is NC(=O)c1ccc(F)cn1.O=C(O)NC(=O)c1ccc(F)cn1. The Balaban J connectivity index is 0.000000238. The summed E-state index contributed by atoms with van der Waals surface area (Å²) in [5.41, 5.74) is 4.76. The maximum Gasteiger partial charge on any atom is 0.411 e. The predicted molar refractivity (Wildman–Crippen MR) is 72.4 cm³/mol. The van der Waals surface area contributed by atoms with E-state index in [-0.39, 0.29) is 11.4 Å². The van der Waals surface area contributed by atoms with E-state index in [0.717, 1.165) is 30.6 Å². The van der Waals surface area contributed by atoms with Crippen molar-refractivity contribution in [3.63, 3.8) is 0 Å². The normalized spacial score (nSPS) is 9.30. The van der Waals surface area contributed by atoms with Gasteiger partial charge >= 0.3 is 6.09 Å². The van der Waals surface area contributed by atoms with E-state index < -0.39 is 29.5 Å². The standard InChI is InChI=1S/C7H5FN2O3.C6H5FN2O/c8-4-1-2-5(9-3-4)6(11)10-7(12)13;7-4-1-2-5(6(8)10)9-3-4/h1-3H,(H,10,11)(H,12,13);1-3H,(H2,8,10). The molecule has 0 unspecified atom stereocenters. The lowest BCUT2D eigenvalue weighted by atomic mass is 10.3. The zero-order valence-corrected chi connectivity index (χ0v) is 11.4. The lowest BCUT2D eigenvalue weighted by Crippen LogP contribution is -2.29. The van der Waals surface area contributed by atoms with Crippen LogP contribution in [0, 0.1) is 11.6 Å². The minimum atomic E-state index is -1.48. The van der Waals surface area contributed by atoms with E-state index in [9.17, 15) is 23.2 Å². The molecule has 0 aromatic carbocycles. The molecule has 10 heteroatoms. The van der Waals surface area contributed by atoms with Crippen molar-refractivity contribution < 1.29 is 28.3 Å². The number of halogens is 2. The molecule has 0 atom stereocenters. The van der Waals surface area contributed by atoms with Crippen LogP contribution in [0.5, 0.6) is 0 Å². The molecule has 0 aliphatic carbocycles. The van der Waals surface area contributed by atoms with Crippen LogP contribution in [0.4, 0.5) is 13.6 Å². The molecule has 8 nitrogen and oxygen atoms in total. The fraction of sp³-hybridized carbons (Fsp3) is 0. The van der Waals surface area contributed by atoms with Crippen molar-refractivity contribution in [2.24, 2.45) is 5.73 Å². The third-order valence-corrected chi connectivity index (χ3v) is 2.16. The van der Waals surface area contributed by atoms with E-state index in [0.29, 0.717) is 0 Å². The van der Waals surface area contributed by atoms with Gasteiger partial charge in [0.25, 0.3) is 11.8 Å². The number of nitrogens with two attached hydrogens (primary N) is 1. The zero-order chi connectivity index (χ0) is 17.4. The molecular weight excluding hydrogens is 314 g/mol. The molecule has 0 saturated heterocycles. The number of carboxylic acid groups (broad SMARTS) is 1. The number of imide groups is 1. The maximum absolute atomic E-state index is 12.3. The number of rotatable bonds is 2. The van der Waals surface area contributed by atoms with Gasteiger partial charge in [-0.15, -0.1) is 0 Å². The first-order valence-corrected chi connectivity index (χ1v) is 5.86. The Bertz CT molecular complexity index is 705. The maximum atomic E-state index is 12.3. The second kappa shape index (κ2) is 8.12. The zero-order valence-electron chi connectivity index (χ0n) is 11.4. The van der Waals surface area contributed by atoms with Crippen LogP contribution in [0.3, 0.4) is 0 Å². The summed E-state index contributed by atoms with van der Waals surface area (Å²) in [6.07, 6.45) is 0.299. The molecule has 0 fully saturated rings. The molecule has 0 bridgehead atoms. The fourth-order valence-electron chi connectivity index (χ4n) is 1.19. The molecule has 120 valence electrons. The number of nitrogens with zero attached hydrogens (tertiary/aromatic N) is 2. The molecular formula is C13H10F2N4O4. The van der Waals surface area contributed by atoms with Gasteiger partial charge in [0.05, 0.1) is 12.4 Å². The molecule has 2 heterocycles. The van der Waals surface area contributed by atoms with Crippen molar-refractivity contribution in [2.75, 3.05) is 0 Å². The number of aromatic nitrogens is 2. The van der Waals surface area contributed by atoms with Crippen LogP contribution in [-0.2, 0) is 0 Å². The van der Waals surface area contributed by atoms with Gasteiger partial charge in [-0.25, -0.2) is 23.5 Å².